The number of rotatable bonds is 3. The van der Waals surface area contributed by atoms with Crippen molar-refractivity contribution in [2.24, 2.45) is 5.41 Å². The molecule has 0 saturated carbocycles. The maximum Gasteiger partial charge on any atom is 0.223 e. The van der Waals surface area contributed by atoms with Gasteiger partial charge in [-0.2, -0.15) is 0 Å². The minimum absolute atomic E-state index is 0.0938. The van der Waals surface area contributed by atoms with Crippen molar-refractivity contribution >= 4 is 5.91 Å². The number of likely N-dealkylation sites (N-methyl/N-ethyl adjacent to an activating group) is 1. The Labute approximate surface area is 93.2 Å². The summed E-state index contributed by atoms with van der Waals surface area (Å²) in [6, 6.07) is 0.421. The highest BCUT2D eigenvalue weighted by Crippen LogP contribution is 2.21. The Kier molecular flexibility index (Phi) is 4.14. The van der Waals surface area contributed by atoms with Gasteiger partial charge in [0.15, 0.2) is 0 Å². The van der Waals surface area contributed by atoms with Crippen molar-refractivity contribution in [2.75, 3.05) is 19.6 Å². The second-order valence-electron chi connectivity index (χ2n) is 5.56. The van der Waals surface area contributed by atoms with E-state index in [0.717, 1.165) is 26.1 Å². The highest BCUT2D eigenvalue weighted by Gasteiger charge is 2.27. The molecule has 0 aliphatic carbocycles. The molecule has 1 amide bonds. The molecule has 1 aliphatic heterocycles. The van der Waals surface area contributed by atoms with Gasteiger partial charge < -0.3 is 10.2 Å². The molecule has 0 aromatic rings. The normalized spacial score (nSPS) is 21.7. The molecule has 0 spiro atoms. The lowest BCUT2D eigenvalue weighted by Crippen LogP contribution is -2.42. The Hall–Kier alpha value is -0.570. The van der Waals surface area contributed by atoms with Gasteiger partial charge in [-0.3, -0.25) is 4.79 Å². The van der Waals surface area contributed by atoms with Crippen molar-refractivity contribution in [3.63, 3.8) is 0 Å². The summed E-state index contributed by atoms with van der Waals surface area (Å²) in [5.74, 6) is 0.304. The SMILES string of the molecule is CCN(C(=O)CC(C)(C)C)C1CCNC1. The van der Waals surface area contributed by atoms with E-state index in [1.165, 1.54) is 0 Å². The quantitative estimate of drug-likeness (QED) is 0.771. The molecule has 1 aliphatic rings. The average molecular weight is 212 g/mol. The summed E-state index contributed by atoms with van der Waals surface area (Å²) in [6.07, 6.45) is 1.75. The second kappa shape index (κ2) is 4.97. The monoisotopic (exact) mass is 212 g/mol. The number of hydrogen-bond acceptors (Lipinski definition) is 2. The van der Waals surface area contributed by atoms with Crippen LogP contribution in [-0.2, 0) is 4.79 Å². The van der Waals surface area contributed by atoms with Crippen molar-refractivity contribution in [1.82, 2.24) is 10.2 Å². The Morgan fingerprint density at radius 1 is 1.47 bits per heavy atom. The van der Waals surface area contributed by atoms with E-state index >= 15 is 0 Å². The first kappa shape index (κ1) is 12.5. The van der Waals surface area contributed by atoms with Crippen molar-refractivity contribution in [3.8, 4) is 0 Å². The molecule has 15 heavy (non-hydrogen) atoms. The third-order valence-electron chi connectivity index (χ3n) is 2.82. The molecule has 1 saturated heterocycles. The number of carbonyl (C=O) groups is 1. The third kappa shape index (κ3) is 3.82. The zero-order valence-electron chi connectivity index (χ0n) is 10.5. The number of carbonyl (C=O) groups excluding carboxylic acids is 1. The van der Waals surface area contributed by atoms with Crippen molar-refractivity contribution in [1.29, 1.82) is 0 Å². The highest BCUT2D eigenvalue weighted by molar-refractivity contribution is 5.77. The van der Waals surface area contributed by atoms with Crippen molar-refractivity contribution in [3.05, 3.63) is 0 Å². The fourth-order valence-corrected chi connectivity index (χ4v) is 2.10. The summed E-state index contributed by atoms with van der Waals surface area (Å²) < 4.78 is 0. The molecule has 1 fully saturated rings. The van der Waals surface area contributed by atoms with E-state index in [-0.39, 0.29) is 5.41 Å². The second-order valence-corrected chi connectivity index (χ2v) is 5.56. The van der Waals surface area contributed by atoms with Gasteiger partial charge >= 0.3 is 0 Å². The maximum absolute atomic E-state index is 12.1. The lowest BCUT2D eigenvalue weighted by molar-refractivity contribution is -0.134. The predicted molar refractivity (Wildman–Crippen MR) is 62.7 cm³/mol. The van der Waals surface area contributed by atoms with Gasteiger partial charge in [0.25, 0.3) is 0 Å². The van der Waals surface area contributed by atoms with Crippen molar-refractivity contribution < 1.29 is 4.79 Å². The van der Waals surface area contributed by atoms with Gasteiger partial charge in [0.2, 0.25) is 5.91 Å². The minimum Gasteiger partial charge on any atom is -0.339 e. The molecule has 1 atom stereocenters. The van der Waals surface area contributed by atoms with E-state index < -0.39 is 0 Å². The molecule has 3 heteroatoms. The first-order valence-electron chi connectivity index (χ1n) is 5.94. The van der Waals surface area contributed by atoms with Crippen LogP contribution in [0.25, 0.3) is 0 Å². The largest absolute Gasteiger partial charge is 0.339 e. The standard InChI is InChI=1S/C12H24N2O/c1-5-14(10-6-7-13-9-10)11(15)8-12(2,3)4/h10,13H,5-9H2,1-4H3. The van der Waals surface area contributed by atoms with E-state index in [1.54, 1.807) is 0 Å². The molecule has 0 aromatic heterocycles. The first-order valence-corrected chi connectivity index (χ1v) is 5.94. The van der Waals surface area contributed by atoms with E-state index in [2.05, 4.69) is 33.0 Å². The lowest BCUT2D eigenvalue weighted by Gasteiger charge is -2.30. The topological polar surface area (TPSA) is 32.3 Å². The van der Waals surface area contributed by atoms with E-state index in [4.69, 9.17) is 0 Å². The molecule has 0 bridgehead atoms. The summed E-state index contributed by atoms with van der Waals surface area (Å²) in [5, 5.41) is 3.31. The highest BCUT2D eigenvalue weighted by atomic mass is 16.2. The fraction of sp³-hybridized carbons (Fsp3) is 0.917. The van der Waals surface area contributed by atoms with E-state index in [0.29, 0.717) is 18.4 Å². The summed E-state index contributed by atoms with van der Waals surface area (Å²) in [5.41, 5.74) is 0.0938. The van der Waals surface area contributed by atoms with Crippen LogP contribution < -0.4 is 5.32 Å². The Balaban J connectivity index is 2.53. The van der Waals surface area contributed by atoms with Crippen LogP contribution in [0.5, 0.6) is 0 Å². The van der Waals surface area contributed by atoms with Crippen LogP contribution in [-0.4, -0.2) is 36.5 Å². The molecule has 1 rings (SSSR count). The molecule has 0 radical (unpaired) electrons. The lowest BCUT2D eigenvalue weighted by atomic mass is 9.91. The first-order chi connectivity index (χ1) is 6.94. The van der Waals surface area contributed by atoms with Crippen LogP contribution in [0.2, 0.25) is 0 Å². The van der Waals surface area contributed by atoms with E-state index in [1.807, 2.05) is 4.90 Å². The summed E-state index contributed by atoms with van der Waals surface area (Å²) in [7, 11) is 0. The molecule has 88 valence electrons. The zero-order chi connectivity index (χ0) is 11.5. The summed E-state index contributed by atoms with van der Waals surface area (Å²) >= 11 is 0. The zero-order valence-corrected chi connectivity index (χ0v) is 10.5. The van der Waals surface area contributed by atoms with Gasteiger partial charge in [-0.1, -0.05) is 20.8 Å². The van der Waals surface area contributed by atoms with E-state index in [9.17, 15) is 4.79 Å². The van der Waals surface area contributed by atoms with Crippen LogP contribution >= 0.6 is 0 Å². The minimum atomic E-state index is 0.0938. The van der Waals surface area contributed by atoms with Gasteiger partial charge in [-0.15, -0.1) is 0 Å². The number of nitrogens with zero attached hydrogens (tertiary/aromatic N) is 1. The van der Waals surface area contributed by atoms with Gasteiger partial charge in [-0.05, 0) is 25.3 Å². The molecule has 3 nitrogen and oxygen atoms in total. The van der Waals surface area contributed by atoms with Gasteiger partial charge in [0.1, 0.15) is 0 Å². The predicted octanol–water partition coefficient (Wildman–Crippen LogP) is 1.63. The molecular weight excluding hydrogens is 188 g/mol. The van der Waals surface area contributed by atoms with Crippen LogP contribution in [0.1, 0.15) is 40.5 Å². The average Bonchev–Trinajstić information content (AvgIpc) is 2.54. The molecule has 1 N–H and O–H groups in total. The van der Waals surface area contributed by atoms with Crippen LogP contribution in [0.15, 0.2) is 0 Å². The number of amides is 1. The molecule has 1 heterocycles. The van der Waals surface area contributed by atoms with Gasteiger partial charge in [0.05, 0.1) is 0 Å². The third-order valence-corrected chi connectivity index (χ3v) is 2.82. The maximum atomic E-state index is 12.1. The Morgan fingerprint density at radius 3 is 2.53 bits per heavy atom. The number of hydrogen-bond donors (Lipinski definition) is 1. The van der Waals surface area contributed by atoms with Crippen molar-refractivity contribution in [2.45, 2.75) is 46.6 Å². The smallest absolute Gasteiger partial charge is 0.223 e. The van der Waals surface area contributed by atoms with Crippen LogP contribution in [0, 0.1) is 5.41 Å². The van der Waals surface area contributed by atoms with Gasteiger partial charge in [0, 0.05) is 25.6 Å². The van der Waals surface area contributed by atoms with Gasteiger partial charge in [-0.25, -0.2) is 0 Å². The summed E-state index contributed by atoms with van der Waals surface area (Å²) in [4.78, 5) is 14.1. The fourth-order valence-electron chi connectivity index (χ4n) is 2.10. The molecular formula is C12H24N2O. The van der Waals surface area contributed by atoms with Crippen LogP contribution in [0.3, 0.4) is 0 Å². The molecule has 0 aromatic carbocycles. The van der Waals surface area contributed by atoms with Crippen LogP contribution in [0.4, 0.5) is 0 Å². The Bertz CT molecular complexity index is 214. The molecule has 1 unspecified atom stereocenters. The Morgan fingerprint density at radius 2 is 2.13 bits per heavy atom. The summed E-state index contributed by atoms with van der Waals surface area (Å²) in [6.45, 7) is 11.3. The number of nitrogens with one attached hydrogen (secondary N) is 1.